The van der Waals surface area contributed by atoms with Crippen LogP contribution in [0.2, 0.25) is 0 Å². The van der Waals surface area contributed by atoms with Gasteiger partial charge in [-0.3, -0.25) is 15.0 Å². The Morgan fingerprint density at radius 1 is 0.926 bits per heavy atom. The van der Waals surface area contributed by atoms with Gasteiger partial charge in [0.1, 0.15) is 5.75 Å². The van der Waals surface area contributed by atoms with Crippen molar-refractivity contribution in [1.82, 2.24) is 10.3 Å². The van der Waals surface area contributed by atoms with Crippen molar-refractivity contribution in [3.05, 3.63) is 54.6 Å². The van der Waals surface area contributed by atoms with Crippen LogP contribution in [0.1, 0.15) is 19.8 Å². The second-order valence-corrected chi connectivity index (χ2v) is 7.15. The number of hydrogen-bond donors (Lipinski definition) is 3. The highest BCUT2D eigenvalue weighted by molar-refractivity contribution is 7.89. The number of carbonyl (C=O) groups is 2. The minimum Gasteiger partial charge on any atom is -0.494 e. The summed E-state index contributed by atoms with van der Waals surface area (Å²) >= 11 is 0. The molecule has 0 atom stereocenters. The van der Waals surface area contributed by atoms with Gasteiger partial charge in [-0.2, -0.15) is 0 Å². The van der Waals surface area contributed by atoms with Crippen LogP contribution in [0.3, 0.4) is 0 Å². The Balaban J connectivity index is 1.75. The summed E-state index contributed by atoms with van der Waals surface area (Å²) in [6.45, 7) is 2.43. The van der Waals surface area contributed by atoms with Gasteiger partial charge >= 0.3 is 0 Å². The van der Waals surface area contributed by atoms with Crippen LogP contribution >= 0.6 is 0 Å². The Morgan fingerprint density at radius 2 is 1.56 bits per heavy atom. The van der Waals surface area contributed by atoms with Crippen molar-refractivity contribution in [3.63, 3.8) is 0 Å². The van der Waals surface area contributed by atoms with Gasteiger partial charge in [-0.1, -0.05) is 18.2 Å². The maximum atomic E-state index is 12.0. The molecule has 0 spiro atoms. The summed E-state index contributed by atoms with van der Waals surface area (Å²) in [5.41, 5.74) is 2.67. The number of nitrogens with one attached hydrogen (secondary N) is 3. The SMILES string of the molecule is CCOc1ccc(NC(=O)CCC(=O)NNS(=O)(=O)c2ccccc2)cc1. The number of benzene rings is 2. The average molecular weight is 391 g/mol. The third kappa shape index (κ3) is 6.72. The van der Waals surface area contributed by atoms with Crippen LogP contribution in [-0.4, -0.2) is 26.8 Å². The molecule has 2 rings (SSSR count). The van der Waals surface area contributed by atoms with Crippen LogP contribution in [0.4, 0.5) is 5.69 Å². The van der Waals surface area contributed by atoms with E-state index in [0.29, 0.717) is 18.0 Å². The van der Waals surface area contributed by atoms with E-state index in [0.717, 1.165) is 0 Å². The first-order valence-electron chi connectivity index (χ1n) is 8.29. The molecule has 0 radical (unpaired) electrons. The molecule has 27 heavy (non-hydrogen) atoms. The van der Waals surface area contributed by atoms with E-state index in [2.05, 4.69) is 10.7 Å². The molecule has 0 aliphatic rings. The van der Waals surface area contributed by atoms with Crippen molar-refractivity contribution >= 4 is 27.5 Å². The fourth-order valence-electron chi connectivity index (χ4n) is 2.10. The summed E-state index contributed by atoms with van der Waals surface area (Å²) in [6, 6.07) is 14.5. The fourth-order valence-corrected chi connectivity index (χ4v) is 2.98. The van der Waals surface area contributed by atoms with E-state index >= 15 is 0 Å². The van der Waals surface area contributed by atoms with Gasteiger partial charge in [0.15, 0.2) is 0 Å². The van der Waals surface area contributed by atoms with Crippen LogP contribution in [0.15, 0.2) is 59.5 Å². The zero-order valence-corrected chi connectivity index (χ0v) is 15.6. The maximum absolute atomic E-state index is 12.0. The monoisotopic (exact) mass is 391 g/mol. The van der Waals surface area contributed by atoms with Gasteiger partial charge in [0.2, 0.25) is 11.8 Å². The zero-order chi connectivity index (χ0) is 19.7. The lowest BCUT2D eigenvalue weighted by molar-refractivity contribution is -0.124. The third-order valence-electron chi connectivity index (χ3n) is 3.41. The molecule has 144 valence electrons. The summed E-state index contributed by atoms with van der Waals surface area (Å²) in [5.74, 6) is -0.280. The van der Waals surface area contributed by atoms with Crippen molar-refractivity contribution in [2.24, 2.45) is 0 Å². The Bertz CT molecular complexity index is 868. The molecular weight excluding hydrogens is 370 g/mol. The lowest BCUT2D eigenvalue weighted by Gasteiger charge is -2.09. The van der Waals surface area contributed by atoms with Crippen LogP contribution in [0.5, 0.6) is 5.75 Å². The largest absolute Gasteiger partial charge is 0.494 e. The molecule has 8 nitrogen and oxygen atoms in total. The van der Waals surface area contributed by atoms with Crippen molar-refractivity contribution in [2.45, 2.75) is 24.7 Å². The first kappa shape index (κ1) is 20.4. The highest BCUT2D eigenvalue weighted by Gasteiger charge is 2.15. The summed E-state index contributed by atoms with van der Waals surface area (Å²) in [5, 5.41) is 2.65. The minimum absolute atomic E-state index is 0.0264. The van der Waals surface area contributed by atoms with Crippen LogP contribution in [0.25, 0.3) is 0 Å². The number of hydrogen-bond acceptors (Lipinski definition) is 5. The summed E-state index contributed by atoms with van der Waals surface area (Å²) in [6.07, 6.45) is -0.258. The second-order valence-electron chi connectivity index (χ2n) is 5.47. The highest BCUT2D eigenvalue weighted by atomic mass is 32.2. The quantitative estimate of drug-likeness (QED) is 0.564. The molecule has 0 aliphatic carbocycles. The predicted molar refractivity (Wildman–Crippen MR) is 100 cm³/mol. The molecule has 0 aromatic heterocycles. The van der Waals surface area contributed by atoms with E-state index in [-0.39, 0.29) is 23.6 Å². The van der Waals surface area contributed by atoms with Crippen LogP contribution in [0, 0.1) is 0 Å². The van der Waals surface area contributed by atoms with Crippen molar-refractivity contribution in [2.75, 3.05) is 11.9 Å². The van der Waals surface area contributed by atoms with E-state index in [1.54, 1.807) is 42.5 Å². The van der Waals surface area contributed by atoms with Crippen LogP contribution in [-0.2, 0) is 19.6 Å². The number of rotatable bonds is 9. The first-order valence-corrected chi connectivity index (χ1v) is 9.77. The molecule has 2 amide bonds. The normalized spacial score (nSPS) is 10.9. The van der Waals surface area contributed by atoms with Gasteiger partial charge in [0, 0.05) is 18.5 Å². The fraction of sp³-hybridized carbons (Fsp3) is 0.222. The van der Waals surface area contributed by atoms with E-state index < -0.39 is 15.9 Å². The molecule has 0 unspecified atom stereocenters. The van der Waals surface area contributed by atoms with Gasteiger partial charge in [-0.15, -0.1) is 4.83 Å². The molecule has 3 N–H and O–H groups in total. The molecule has 0 saturated heterocycles. The van der Waals surface area contributed by atoms with Gasteiger partial charge in [0.25, 0.3) is 10.0 Å². The molecule has 0 bridgehead atoms. The Labute approximate surface area is 157 Å². The minimum atomic E-state index is -3.85. The molecular formula is C18H21N3O5S. The smallest absolute Gasteiger partial charge is 0.257 e. The topological polar surface area (TPSA) is 114 Å². The molecule has 0 fully saturated rings. The zero-order valence-electron chi connectivity index (χ0n) is 14.8. The summed E-state index contributed by atoms with van der Waals surface area (Å²) in [7, 11) is -3.85. The van der Waals surface area contributed by atoms with E-state index in [9.17, 15) is 18.0 Å². The molecule has 2 aromatic rings. The van der Waals surface area contributed by atoms with Gasteiger partial charge in [0.05, 0.1) is 11.5 Å². The van der Waals surface area contributed by atoms with Crippen molar-refractivity contribution in [3.8, 4) is 5.75 Å². The Hall–Kier alpha value is -2.91. The van der Waals surface area contributed by atoms with Gasteiger partial charge in [-0.05, 0) is 43.3 Å². The van der Waals surface area contributed by atoms with E-state index in [4.69, 9.17) is 4.74 Å². The Morgan fingerprint density at radius 3 is 2.19 bits per heavy atom. The predicted octanol–water partition coefficient (Wildman–Crippen LogP) is 1.81. The average Bonchev–Trinajstić information content (AvgIpc) is 2.67. The second kappa shape index (κ2) is 9.70. The molecule has 0 saturated carbocycles. The van der Waals surface area contributed by atoms with Crippen molar-refractivity contribution in [1.29, 1.82) is 0 Å². The number of carbonyl (C=O) groups excluding carboxylic acids is 2. The summed E-state index contributed by atoms with van der Waals surface area (Å²) < 4.78 is 29.3. The number of ether oxygens (including phenoxy) is 1. The van der Waals surface area contributed by atoms with Gasteiger partial charge < -0.3 is 10.1 Å². The summed E-state index contributed by atoms with van der Waals surface area (Å²) in [4.78, 5) is 25.7. The number of anilines is 1. The highest BCUT2D eigenvalue weighted by Crippen LogP contribution is 2.15. The van der Waals surface area contributed by atoms with Gasteiger partial charge in [-0.25, -0.2) is 8.42 Å². The lowest BCUT2D eigenvalue weighted by atomic mass is 10.2. The first-order chi connectivity index (χ1) is 12.9. The molecule has 9 heteroatoms. The Kier molecular flexibility index (Phi) is 7.33. The lowest BCUT2D eigenvalue weighted by Crippen LogP contribution is -2.41. The number of hydrazine groups is 1. The molecule has 0 heterocycles. The molecule has 0 aliphatic heterocycles. The standard InChI is InChI=1S/C18H21N3O5S/c1-2-26-15-10-8-14(9-11-15)19-17(22)12-13-18(23)20-21-27(24,25)16-6-4-3-5-7-16/h3-11,21H,2,12-13H2,1H3,(H,19,22)(H,20,23). The maximum Gasteiger partial charge on any atom is 0.257 e. The van der Waals surface area contributed by atoms with E-state index in [1.165, 1.54) is 12.1 Å². The third-order valence-corrected chi connectivity index (χ3v) is 4.67. The molecule has 2 aromatic carbocycles. The number of amides is 2. The number of sulfonamides is 1. The van der Waals surface area contributed by atoms with Crippen LogP contribution < -0.4 is 20.3 Å². The van der Waals surface area contributed by atoms with Crippen molar-refractivity contribution < 1.29 is 22.7 Å². The van der Waals surface area contributed by atoms with E-state index in [1.807, 2.05) is 11.8 Å².